The highest BCUT2D eigenvalue weighted by Gasteiger charge is 2.34. The van der Waals surface area contributed by atoms with E-state index in [4.69, 9.17) is 0 Å². The maximum Gasteiger partial charge on any atom is 0.401 e. The third-order valence-electron chi connectivity index (χ3n) is 5.00. The topological polar surface area (TPSA) is 44.4 Å². The molecule has 3 rings (SSSR count). The fraction of sp³-hybridized carbons (Fsp3) is 0.611. The van der Waals surface area contributed by atoms with Crippen LogP contribution in [0.25, 0.3) is 0 Å². The standard InChI is InChI=1S/C18H24F3N3O/c19-18(20,21)12-24-9-8-13(11-24)10-22-17(25)23-16-7-3-5-14-4-1-2-6-15(14)16/h1-2,4,6,13,16H,3,5,7-12H2,(H2,22,23,25). The summed E-state index contributed by atoms with van der Waals surface area (Å²) in [4.78, 5) is 13.6. The molecule has 138 valence electrons. The van der Waals surface area contributed by atoms with Crippen LogP contribution in [0.2, 0.25) is 0 Å². The van der Waals surface area contributed by atoms with Crippen molar-refractivity contribution in [3.63, 3.8) is 0 Å². The number of halogens is 3. The Morgan fingerprint density at radius 2 is 2.04 bits per heavy atom. The molecule has 2 aliphatic rings. The van der Waals surface area contributed by atoms with Crippen LogP contribution < -0.4 is 10.6 Å². The molecule has 2 atom stereocenters. The van der Waals surface area contributed by atoms with E-state index in [0.717, 1.165) is 19.3 Å². The van der Waals surface area contributed by atoms with Crippen molar-refractivity contribution in [2.24, 2.45) is 5.92 Å². The Hall–Kier alpha value is -1.76. The van der Waals surface area contributed by atoms with Crippen LogP contribution in [0.1, 0.15) is 36.4 Å². The molecule has 0 radical (unpaired) electrons. The van der Waals surface area contributed by atoms with E-state index in [9.17, 15) is 18.0 Å². The highest BCUT2D eigenvalue weighted by Crippen LogP contribution is 2.29. The maximum atomic E-state index is 12.4. The molecule has 7 heteroatoms. The van der Waals surface area contributed by atoms with Crippen molar-refractivity contribution >= 4 is 6.03 Å². The molecule has 25 heavy (non-hydrogen) atoms. The van der Waals surface area contributed by atoms with Gasteiger partial charge in [-0.3, -0.25) is 4.90 Å². The number of hydrogen-bond donors (Lipinski definition) is 2. The molecule has 1 heterocycles. The molecule has 2 unspecified atom stereocenters. The van der Waals surface area contributed by atoms with Crippen molar-refractivity contribution in [3.8, 4) is 0 Å². The Morgan fingerprint density at radius 1 is 1.24 bits per heavy atom. The third-order valence-corrected chi connectivity index (χ3v) is 5.00. The van der Waals surface area contributed by atoms with Crippen LogP contribution in [0.3, 0.4) is 0 Å². The second kappa shape index (κ2) is 7.64. The summed E-state index contributed by atoms with van der Waals surface area (Å²) >= 11 is 0. The molecule has 0 spiro atoms. The zero-order valence-corrected chi connectivity index (χ0v) is 14.1. The van der Waals surface area contributed by atoms with Crippen LogP contribution in [0.5, 0.6) is 0 Å². The van der Waals surface area contributed by atoms with E-state index in [2.05, 4.69) is 16.7 Å². The van der Waals surface area contributed by atoms with Gasteiger partial charge in [0.1, 0.15) is 0 Å². The first-order valence-corrected chi connectivity index (χ1v) is 8.82. The molecule has 1 aromatic carbocycles. The maximum absolute atomic E-state index is 12.4. The predicted molar refractivity (Wildman–Crippen MR) is 89.3 cm³/mol. The molecule has 1 saturated heterocycles. The number of carbonyl (C=O) groups is 1. The molecule has 0 saturated carbocycles. The van der Waals surface area contributed by atoms with Gasteiger partial charge in [0.15, 0.2) is 0 Å². The van der Waals surface area contributed by atoms with Gasteiger partial charge in [-0.1, -0.05) is 24.3 Å². The number of rotatable bonds is 4. The molecular weight excluding hydrogens is 331 g/mol. The number of alkyl halides is 3. The lowest BCUT2D eigenvalue weighted by Gasteiger charge is -2.26. The molecule has 1 fully saturated rings. The van der Waals surface area contributed by atoms with E-state index in [1.165, 1.54) is 16.0 Å². The van der Waals surface area contributed by atoms with E-state index >= 15 is 0 Å². The predicted octanol–water partition coefficient (Wildman–Crippen LogP) is 3.25. The molecule has 4 nitrogen and oxygen atoms in total. The molecule has 1 aliphatic heterocycles. The van der Waals surface area contributed by atoms with Crippen molar-refractivity contribution in [3.05, 3.63) is 35.4 Å². The van der Waals surface area contributed by atoms with Gasteiger partial charge in [-0.15, -0.1) is 0 Å². The van der Waals surface area contributed by atoms with Crippen LogP contribution in [-0.2, 0) is 6.42 Å². The Bertz CT molecular complexity index is 605. The van der Waals surface area contributed by atoms with Gasteiger partial charge in [-0.25, -0.2) is 4.79 Å². The minimum absolute atomic E-state index is 0.00950. The largest absolute Gasteiger partial charge is 0.401 e. The van der Waals surface area contributed by atoms with Gasteiger partial charge in [-0.2, -0.15) is 13.2 Å². The molecule has 2 N–H and O–H groups in total. The number of hydrogen-bond acceptors (Lipinski definition) is 2. The van der Waals surface area contributed by atoms with E-state index in [-0.39, 0.29) is 18.0 Å². The summed E-state index contributed by atoms with van der Waals surface area (Å²) in [5.41, 5.74) is 2.44. The lowest BCUT2D eigenvalue weighted by atomic mass is 9.88. The van der Waals surface area contributed by atoms with E-state index in [0.29, 0.717) is 26.1 Å². The highest BCUT2D eigenvalue weighted by atomic mass is 19.4. The van der Waals surface area contributed by atoms with Crippen LogP contribution in [0.15, 0.2) is 24.3 Å². The van der Waals surface area contributed by atoms with Crippen molar-refractivity contribution in [1.29, 1.82) is 0 Å². The number of benzene rings is 1. The second-order valence-electron chi connectivity index (χ2n) is 7.00. The Kier molecular flexibility index (Phi) is 5.51. The molecular formula is C18H24F3N3O. The zero-order chi connectivity index (χ0) is 17.9. The first kappa shape index (κ1) is 18.0. The summed E-state index contributed by atoms with van der Waals surface area (Å²) < 4.78 is 37.2. The van der Waals surface area contributed by atoms with Crippen LogP contribution in [0.4, 0.5) is 18.0 Å². The van der Waals surface area contributed by atoms with Crippen LogP contribution >= 0.6 is 0 Å². The Labute approximate surface area is 145 Å². The average Bonchev–Trinajstić information content (AvgIpc) is 2.99. The Morgan fingerprint density at radius 3 is 2.84 bits per heavy atom. The second-order valence-corrected chi connectivity index (χ2v) is 7.00. The number of aryl methyl sites for hydroxylation is 1. The molecule has 0 bridgehead atoms. The summed E-state index contributed by atoms with van der Waals surface area (Å²) in [5.74, 6) is 0.0757. The van der Waals surface area contributed by atoms with Gasteiger partial charge in [0.2, 0.25) is 0 Å². The number of amides is 2. The van der Waals surface area contributed by atoms with Gasteiger partial charge >= 0.3 is 12.2 Å². The zero-order valence-electron chi connectivity index (χ0n) is 14.1. The van der Waals surface area contributed by atoms with Crippen LogP contribution in [-0.4, -0.2) is 43.3 Å². The van der Waals surface area contributed by atoms with Crippen molar-refractivity contribution < 1.29 is 18.0 Å². The minimum atomic E-state index is -4.16. The SMILES string of the molecule is O=C(NCC1CCN(CC(F)(F)F)C1)NC1CCCc2ccccc21. The normalized spacial score (nSPS) is 24.0. The molecule has 2 amide bonds. The van der Waals surface area contributed by atoms with Crippen LogP contribution in [0, 0.1) is 5.92 Å². The number of nitrogens with one attached hydrogen (secondary N) is 2. The van der Waals surface area contributed by atoms with Gasteiger partial charge in [0.05, 0.1) is 12.6 Å². The van der Waals surface area contributed by atoms with Gasteiger partial charge in [0, 0.05) is 13.1 Å². The molecule has 0 aromatic heterocycles. The third kappa shape index (κ3) is 5.11. The number of carbonyl (C=O) groups excluding carboxylic acids is 1. The number of urea groups is 1. The van der Waals surface area contributed by atoms with E-state index in [1.54, 1.807) is 0 Å². The first-order valence-electron chi connectivity index (χ1n) is 8.82. The highest BCUT2D eigenvalue weighted by molar-refractivity contribution is 5.74. The Balaban J connectivity index is 1.44. The van der Waals surface area contributed by atoms with Crippen molar-refractivity contribution in [2.75, 3.05) is 26.2 Å². The van der Waals surface area contributed by atoms with E-state index < -0.39 is 12.7 Å². The lowest BCUT2D eigenvalue weighted by Crippen LogP contribution is -2.41. The number of nitrogens with zero attached hydrogens (tertiary/aromatic N) is 1. The number of fused-ring (bicyclic) bond motifs is 1. The summed E-state index contributed by atoms with van der Waals surface area (Å²) in [7, 11) is 0. The van der Waals surface area contributed by atoms with Gasteiger partial charge in [-0.05, 0) is 49.3 Å². The van der Waals surface area contributed by atoms with Crippen molar-refractivity contribution in [1.82, 2.24) is 15.5 Å². The fourth-order valence-corrected chi connectivity index (χ4v) is 3.83. The lowest BCUT2D eigenvalue weighted by molar-refractivity contribution is -0.143. The molecule has 1 aromatic rings. The minimum Gasteiger partial charge on any atom is -0.338 e. The van der Waals surface area contributed by atoms with Gasteiger partial charge < -0.3 is 10.6 Å². The quantitative estimate of drug-likeness (QED) is 0.871. The monoisotopic (exact) mass is 355 g/mol. The van der Waals surface area contributed by atoms with Gasteiger partial charge in [0.25, 0.3) is 0 Å². The summed E-state index contributed by atoms with van der Waals surface area (Å²) in [6.45, 7) is 0.360. The molecule has 1 aliphatic carbocycles. The summed E-state index contributed by atoms with van der Waals surface area (Å²) in [5, 5.41) is 5.83. The summed E-state index contributed by atoms with van der Waals surface area (Å²) in [6.07, 6.45) is -0.492. The first-order chi connectivity index (χ1) is 11.9. The average molecular weight is 355 g/mol. The van der Waals surface area contributed by atoms with Crippen molar-refractivity contribution in [2.45, 2.75) is 37.9 Å². The number of likely N-dealkylation sites (tertiary alicyclic amines) is 1. The van der Waals surface area contributed by atoms with E-state index in [1.807, 2.05) is 18.2 Å². The summed E-state index contributed by atoms with van der Waals surface area (Å²) in [6, 6.07) is 7.89. The fourth-order valence-electron chi connectivity index (χ4n) is 3.83. The smallest absolute Gasteiger partial charge is 0.338 e.